The molecule has 0 saturated carbocycles. The van der Waals surface area contributed by atoms with Crippen LogP contribution in [0.4, 0.5) is 0 Å². The normalized spacial score (nSPS) is 10.1. The van der Waals surface area contributed by atoms with E-state index in [4.69, 9.17) is 0 Å². The van der Waals surface area contributed by atoms with Gasteiger partial charge < -0.3 is 0 Å². The Hall–Kier alpha value is -1.17. The molecule has 0 saturated heterocycles. The maximum absolute atomic E-state index is 10.7. The highest BCUT2D eigenvalue weighted by molar-refractivity contribution is 4.49. The molecule has 0 aliphatic carbocycles. The van der Waals surface area contributed by atoms with Crippen LogP contribution in [0.25, 0.3) is 0 Å². The van der Waals surface area contributed by atoms with Crippen LogP contribution in [0.2, 0.25) is 0 Å². The van der Waals surface area contributed by atoms with Crippen LogP contribution in [-0.2, 0) is 6.67 Å². The first-order valence-electron chi connectivity index (χ1n) is 3.03. The van der Waals surface area contributed by atoms with E-state index < -0.39 is 0 Å². The molecule has 1 heterocycles. The zero-order valence-corrected chi connectivity index (χ0v) is 5.66. The number of nitrogens with zero attached hydrogens (tertiary/aromatic N) is 3. The molecule has 0 radical (unpaired) electrons. The highest BCUT2D eigenvalue weighted by Gasteiger charge is 1.94. The molecule has 1 aromatic heterocycles. The molecule has 0 spiro atoms. The highest BCUT2D eigenvalue weighted by atomic mass is 16.2. The van der Waals surface area contributed by atoms with Gasteiger partial charge in [-0.1, -0.05) is 6.92 Å². The van der Waals surface area contributed by atoms with Crippen LogP contribution in [0.3, 0.4) is 0 Å². The third kappa shape index (κ3) is 1.41. The average Bonchev–Trinajstić information content (AvgIpc) is 2.31. The molecule has 10 heavy (non-hydrogen) atoms. The van der Waals surface area contributed by atoms with Crippen LogP contribution in [0.15, 0.2) is 4.79 Å². The van der Waals surface area contributed by atoms with Crippen molar-refractivity contribution in [3.05, 3.63) is 10.5 Å². The summed E-state index contributed by atoms with van der Waals surface area (Å²) in [4.78, 5) is 10.7. The lowest BCUT2D eigenvalue weighted by molar-refractivity contribution is 0.499. The summed E-state index contributed by atoms with van der Waals surface area (Å²) in [5.74, 6) is 0. The summed E-state index contributed by atoms with van der Waals surface area (Å²) in [5, 5.41) is 11.9. The Morgan fingerprint density at radius 1 is 1.80 bits per heavy atom. The summed E-state index contributed by atoms with van der Waals surface area (Å²) in [6.07, 6.45) is 0. The molecule has 1 aromatic rings. The summed E-state index contributed by atoms with van der Waals surface area (Å²) in [7, 11) is 0. The molecule has 2 N–H and O–H groups in total. The molecule has 0 bridgehead atoms. The standard InChI is InChI=1S/C4H9N5O/c1-2-5-3-9-4(10)6-7-8-9/h5H,2-3H2,1H3,(H,6,8,10). The van der Waals surface area contributed by atoms with E-state index in [0.717, 1.165) is 6.54 Å². The van der Waals surface area contributed by atoms with E-state index in [0.29, 0.717) is 6.67 Å². The van der Waals surface area contributed by atoms with E-state index >= 15 is 0 Å². The van der Waals surface area contributed by atoms with Crippen molar-refractivity contribution >= 4 is 0 Å². The molecule has 0 fully saturated rings. The van der Waals surface area contributed by atoms with Crippen LogP contribution >= 0.6 is 0 Å². The summed E-state index contributed by atoms with van der Waals surface area (Å²) >= 11 is 0. The molecular weight excluding hydrogens is 134 g/mol. The summed E-state index contributed by atoms with van der Waals surface area (Å²) in [6.45, 7) is 3.16. The lowest BCUT2D eigenvalue weighted by atomic mass is 10.7. The molecule has 6 heteroatoms. The minimum Gasteiger partial charge on any atom is -0.298 e. The smallest absolute Gasteiger partial charge is 0.298 e. The van der Waals surface area contributed by atoms with E-state index in [1.807, 2.05) is 6.92 Å². The first-order valence-corrected chi connectivity index (χ1v) is 3.03. The molecule has 0 aliphatic rings. The van der Waals surface area contributed by atoms with Crippen molar-refractivity contribution in [1.82, 2.24) is 25.5 Å². The van der Waals surface area contributed by atoms with Crippen molar-refractivity contribution in [3.63, 3.8) is 0 Å². The number of hydrogen-bond acceptors (Lipinski definition) is 4. The van der Waals surface area contributed by atoms with Gasteiger partial charge in [0.05, 0.1) is 6.67 Å². The van der Waals surface area contributed by atoms with Gasteiger partial charge in [0.15, 0.2) is 0 Å². The number of aromatic amines is 1. The second kappa shape index (κ2) is 3.11. The molecule has 0 aliphatic heterocycles. The van der Waals surface area contributed by atoms with Gasteiger partial charge in [0.2, 0.25) is 0 Å². The minimum absolute atomic E-state index is 0.291. The predicted octanol–water partition coefficient (Wildman–Crippen LogP) is -1.47. The zero-order chi connectivity index (χ0) is 7.40. The van der Waals surface area contributed by atoms with E-state index in [1.165, 1.54) is 4.68 Å². The summed E-state index contributed by atoms with van der Waals surface area (Å²) in [5.41, 5.74) is -0.291. The van der Waals surface area contributed by atoms with Crippen molar-refractivity contribution in [3.8, 4) is 0 Å². The quantitative estimate of drug-likeness (QED) is 0.542. The van der Waals surface area contributed by atoms with Gasteiger partial charge in [0.25, 0.3) is 0 Å². The van der Waals surface area contributed by atoms with Gasteiger partial charge in [-0.25, -0.2) is 9.89 Å². The topological polar surface area (TPSA) is 75.6 Å². The van der Waals surface area contributed by atoms with Gasteiger partial charge in [-0.15, -0.1) is 0 Å². The number of H-pyrrole nitrogens is 1. The fourth-order valence-corrected chi connectivity index (χ4v) is 0.539. The molecule has 0 aromatic carbocycles. The van der Waals surface area contributed by atoms with Crippen LogP contribution in [-0.4, -0.2) is 26.8 Å². The van der Waals surface area contributed by atoms with Gasteiger partial charge in [-0.3, -0.25) is 5.32 Å². The molecule has 0 unspecified atom stereocenters. The number of hydrogen-bond donors (Lipinski definition) is 2. The zero-order valence-electron chi connectivity index (χ0n) is 5.66. The predicted molar refractivity (Wildman–Crippen MR) is 34.3 cm³/mol. The maximum Gasteiger partial charge on any atom is 0.362 e. The molecule has 6 nitrogen and oxygen atoms in total. The average molecular weight is 143 g/mol. The SMILES string of the molecule is CCNCn1nn[nH]c1=O. The number of tetrazole rings is 1. The Labute approximate surface area is 57.2 Å². The monoisotopic (exact) mass is 143 g/mol. The van der Waals surface area contributed by atoms with Gasteiger partial charge >= 0.3 is 5.69 Å². The summed E-state index contributed by atoms with van der Waals surface area (Å²) < 4.78 is 1.21. The number of nitrogens with one attached hydrogen (secondary N) is 2. The second-order valence-electron chi connectivity index (χ2n) is 1.77. The van der Waals surface area contributed by atoms with Crippen molar-refractivity contribution < 1.29 is 0 Å². The summed E-state index contributed by atoms with van der Waals surface area (Å²) in [6, 6.07) is 0. The molecular formula is C4H9N5O. The maximum atomic E-state index is 10.7. The van der Waals surface area contributed by atoms with E-state index in [9.17, 15) is 4.79 Å². The Kier molecular flexibility index (Phi) is 2.16. The van der Waals surface area contributed by atoms with Gasteiger partial charge in [0, 0.05) is 0 Å². The largest absolute Gasteiger partial charge is 0.362 e. The fourth-order valence-electron chi connectivity index (χ4n) is 0.539. The molecule has 0 amide bonds. The third-order valence-corrected chi connectivity index (χ3v) is 1.04. The van der Waals surface area contributed by atoms with Crippen LogP contribution in [0, 0.1) is 0 Å². The Bertz CT molecular complexity index is 238. The van der Waals surface area contributed by atoms with E-state index in [2.05, 4.69) is 20.8 Å². The van der Waals surface area contributed by atoms with Gasteiger partial charge in [-0.2, -0.15) is 4.68 Å². The Balaban J connectivity index is 2.57. The lowest BCUT2D eigenvalue weighted by Crippen LogP contribution is -2.27. The Morgan fingerprint density at radius 3 is 3.10 bits per heavy atom. The third-order valence-electron chi connectivity index (χ3n) is 1.04. The van der Waals surface area contributed by atoms with Crippen molar-refractivity contribution in [2.24, 2.45) is 0 Å². The number of aromatic nitrogens is 4. The molecule has 0 atom stereocenters. The van der Waals surface area contributed by atoms with Crippen LogP contribution in [0.1, 0.15) is 6.92 Å². The van der Waals surface area contributed by atoms with Gasteiger partial charge in [-0.05, 0) is 17.0 Å². The van der Waals surface area contributed by atoms with Crippen molar-refractivity contribution in [1.29, 1.82) is 0 Å². The fraction of sp³-hybridized carbons (Fsp3) is 0.750. The number of rotatable bonds is 3. The molecule has 56 valence electrons. The first kappa shape index (κ1) is 6.94. The van der Waals surface area contributed by atoms with Crippen LogP contribution < -0.4 is 11.0 Å². The molecule has 1 rings (SSSR count). The van der Waals surface area contributed by atoms with Crippen LogP contribution in [0.5, 0.6) is 0 Å². The second-order valence-corrected chi connectivity index (χ2v) is 1.77. The Morgan fingerprint density at radius 2 is 2.60 bits per heavy atom. The van der Waals surface area contributed by atoms with Gasteiger partial charge in [0.1, 0.15) is 0 Å². The minimum atomic E-state index is -0.291. The highest BCUT2D eigenvalue weighted by Crippen LogP contribution is 1.63. The van der Waals surface area contributed by atoms with E-state index in [1.54, 1.807) is 0 Å². The van der Waals surface area contributed by atoms with Crippen molar-refractivity contribution in [2.75, 3.05) is 6.54 Å². The van der Waals surface area contributed by atoms with E-state index in [-0.39, 0.29) is 5.69 Å². The first-order chi connectivity index (χ1) is 4.84. The van der Waals surface area contributed by atoms with Crippen molar-refractivity contribution in [2.45, 2.75) is 13.6 Å². The lowest BCUT2D eigenvalue weighted by Gasteiger charge is -1.95.